The standard InChI is InChI=1S/C10H7N5OS2/c11-5-1-2-6-7(3-5)17-10(13-6)14-9(16)8-4-12-15-18-8/h1-4H,11H2,(H,13,14,16). The quantitative estimate of drug-likeness (QED) is 0.698. The van der Waals surface area contributed by atoms with Crippen molar-refractivity contribution in [3.63, 3.8) is 0 Å². The van der Waals surface area contributed by atoms with Crippen molar-refractivity contribution < 1.29 is 4.79 Å². The van der Waals surface area contributed by atoms with Gasteiger partial charge in [0.05, 0.1) is 16.4 Å². The minimum Gasteiger partial charge on any atom is -0.399 e. The van der Waals surface area contributed by atoms with Crippen LogP contribution in [0.15, 0.2) is 24.4 Å². The van der Waals surface area contributed by atoms with Crippen LogP contribution in [0.2, 0.25) is 0 Å². The molecule has 0 aliphatic carbocycles. The molecule has 3 aromatic rings. The van der Waals surface area contributed by atoms with Gasteiger partial charge in [0.1, 0.15) is 4.88 Å². The van der Waals surface area contributed by atoms with Crippen molar-refractivity contribution >= 4 is 49.8 Å². The topological polar surface area (TPSA) is 93.8 Å². The monoisotopic (exact) mass is 277 g/mol. The van der Waals surface area contributed by atoms with E-state index in [1.165, 1.54) is 17.5 Å². The van der Waals surface area contributed by atoms with E-state index >= 15 is 0 Å². The number of carbonyl (C=O) groups is 1. The van der Waals surface area contributed by atoms with Gasteiger partial charge in [0.25, 0.3) is 5.91 Å². The number of nitrogens with one attached hydrogen (secondary N) is 1. The molecular weight excluding hydrogens is 270 g/mol. The lowest BCUT2D eigenvalue weighted by Gasteiger charge is -1.95. The van der Waals surface area contributed by atoms with Gasteiger partial charge < -0.3 is 5.73 Å². The number of thiazole rings is 1. The van der Waals surface area contributed by atoms with Crippen LogP contribution in [0.25, 0.3) is 10.2 Å². The van der Waals surface area contributed by atoms with E-state index in [1.807, 2.05) is 12.1 Å². The highest BCUT2D eigenvalue weighted by Gasteiger charge is 2.11. The number of fused-ring (bicyclic) bond motifs is 1. The highest BCUT2D eigenvalue weighted by atomic mass is 32.1. The Labute approximate surface area is 110 Å². The summed E-state index contributed by atoms with van der Waals surface area (Å²) in [7, 11) is 0. The number of nitrogens with two attached hydrogens (primary N) is 1. The van der Waals surface area contributed by atoms with E-state index in [2.05, 4.69) is 19.9 Å². The molecule has 0 unspecified atom stereocenters. The Kier molecular flexibility index (Phi) is 2.65. The van der Waals surface area contributed by atoms with E-state index in [0.29, 0.717) is 15.7 Å². The molecule has 0 bridgehead atoms. The highest BCUT2D eigenvalue weighted by Crippen LogP contribution is 2.27. The van der Waals surface area contributed by atoms with Gasteiger partial charge in [-0.15, -0.1) is 5.10 Å². The Morgan fingerprint density at radius 1 is 1.39 bits per heavy atom. The van der Waals surface area contributed by atoms with Gasteiger partial charge >= 0.3 is 0 Å². The number of anilines is 2. The Balaban J connectivity index is 1.89. The molecule has 1 aromatic carbocycles. The van der Waals surface area contributed by atoms with E-state index in [1.54, 1.807) is 6.07 Å². The molecule has 6 nitrogen and oxygen atoms in total. The number of carbonyl (C=O) groups excluding carboxylic acids is 1. The average molecular weight is 277 g/mol. The molecule has 0 saturated carbocycles. The van der Waals surface area contributed by atoms with Crippen molar-refractivity contribution in [2.75, 3.05) is 11.1 Å². The van der Waals surface area contributed by atoms with Gasteiger partial charge in [-0.25, -0.2) is 4.98 Å². The van der Waals surface area contributed by atoms with Crippen LogP contribution < -0.4 is 11.1 Å². The van der Waals surface area contributed by atoms with Crippen molar-refractivity contribution in [1.29, 1.82) is 0 Å². The molecule has 1 amide bonds. The van der Waals surface area contributed by atoms with Crippen molar-refractivity contribution in [2.24, 2.45) is 0 Å². The zero-order valence-electron chi connectivity index (χ0n) is 8.95. The fourth-order valence-corrected chi connectivity index (χ4v) is 2.74. The molecule has 0 aliphatic rings. The molecule has 0 spiro atoms. The summed E-state index contributed by atoms with van der Waals surface area (Å²) in [6.07, 6.45) is 1.42. The fourth-order valence-electron chi connectivity index (χ4n) is 1.42. The number of rotatable bonds is 2. The molecule has 0 atom stereocenters. The number of aromatic nitrogens is 3. The van der Waals surface area contributed by atoms with E-state index in [4.69, 9.17) is 5.73 Å². The summed E-state index contributed by atoms with van der Waals surface area (Å²) in [5.74, 6) is -0.253. The molecule has 2 aromatic heterocycles. The van der Waals surface area contributed by atoms with E-state index in [0.717, 1.165) is 21.7 Å². The summed E-state index contributed by atoms with van der Waals surface area (Å²) >= 11 is 2.42. The third kappa shape index (κ3) is 2.03. The second kappa shape index (κ2) is 4.31. The lowest BCUT2D eigenvalue weighted by atomic mass is 10.3. The van der Waals surface area contributed by atoms with Crippen molar-refractivity contribution in [2.45, 2.75) is 0 Å². The molecule has 0 fully saturated rings. The normalized spacial score (nSPS) is 10.7. The Hall–Kier alpha value is -2.06. The minimum atomic E-state index is -0.253. The van der Waals surface area contributed by atoms with Gasteiger partial charge in [0, 0.05) is 5.69 Å². The van der Waals surface area contributed by atoms with Gasteiger partial charge in [-0.2, -0.15) is 0 Å². The van der Waals surface area contributed by atoms with Gasteiger partial charge in [-0.1, -0.05) is 15.8 Å². The first-order valence-corrected chi connectivity index (χ1v) is 6.56. The molecule has 3 N–H and O–H groups in total. The number of nitrogens with zero attached hydrogens (tertiary/aromatic N) is 3. The Morgan fingerprint density at radius 3 is 3.06 bits per heavy atom. The van der Waals surface area contributed by atoms with E-state index in [-0.39, 0.29) is 5.91 Å². The molecule has 2 heterocycles. The highest BCUT2D eigenvalue weighted by molar-refractivity contribution is 7.22. The van der Waals surface area contributed by atoms with Crippen LogP contribution in [0, 0.1) is 0 Å². The van der Waals surface area contributed by atoms with Gasteiger partial charge in [0.15, 0.2) is 5.13 Å². The number of amides is 1. The van der Waals surface area contributed by atoms with Crippen LogP contribution in [0.4, 0.5) is 10.8 Å². The van der Waals surface area contributed by atoms with Crippen LogP contribution in [0.3, 0.4) is 0 Å². The van der Waals surface area contributed by atoms with Crippen molar-refractivity contribution in [3.05, 3.63) is 29.3 Å². The molecule has 8 heteroatoms. The molecule has 3 rings (SSSR count). The van der Waals surface area contributed by atoms with E-state index < -0.39 is 0 Å². The number of benzene rings is 1. The number of hydrogen-bond donors (Lipinski definition) is 2. The van der Waals surface area contributed by atoms with E-state index in [9.17, 15) is 4.79 Å². The van der Waals surface area contributed by atoms with Crippen LogP contribution >= 0.6 is 22.9 Å². The molecule has 0 aliphatic heterocycles. The first-order valence-electron chi connectivity index (χ1n) is 4.97. The second-order valence-corrected chi connectivity index (χ2v) is 5.30. The zero-order valence-corrected chi connectivity index (χ0v) is 10.6. The smallest absolute Gasteiger partial charge is 0.270 e. The third-order valence-corrected chi connectivity index (χ3v) is 3.82. The third-order valence-electron chi connectivity index (χ3n) is 2.22. The van der Waals surface area contributed by atoms with Crippen molar-refractivity contribution in [3.8, 4) is 0 Å². The van der Waals surface area contributed by atoms with Gasteiger partial charge in [-0.3, -0.25) is 10.1 Å². The van der Waals surface area contributed by atoms with Crippen LogP contribution in [-0.2, 0) is 0 Å². The summed E-state index contributed by atoms with van der Waals surface area (Å²) in [6, 6.07) is 5.43. The first kappa shape index (κ1) is 11.1. The second-order valence-electron chi connectivity index (χ2n) is 3.48. The van der Waals surface area contributed by atoms with Crippen LogP contribution in [-0.4, -0.2) is 20.5 Å². The predicted octanol–water partition coefficient (Wildman–Crippen LogP) is 1.98. The maximum Gasteiger partial charge on any atom is 0.270 e. The molecular formula is C10H7N5OS2. The fraction of sp³-hybridized carbons (Fsp3) is 0. The number of hydrogen-bond acceptors (Lipinski definition) is 7. The largest absolute Gasteiger partial charge is 0.399 e. The van der Waals surface area contributed by atoms with Gasteiger partial charge in [-0.05, 0) is 29.7 Å². The summed E-state index contributed by atoms with van der Waals surface area (Å²) in [4.78, 5) is 16.5. The minimum absolute atomic E-state index is 0.253. The SMILES string of the molecule is Nc1ccc2nc(NC(=O)c3cnns3)sc2c1. The lowest BCUT2D eigenvalue weighted by Crippen LogP contribution is -2.09. The summed E-state index contributed by atoms with van der Waals surface area (Å²) in [5.41, 5.74) is 7.18. The zero-order chi connectivity index (χ0) is 12.5. The summed E-state index contributed by atoms with van der Waals surface area (Å²) in [6.45, 7) is 0. The maximum atomic E-state index is 11.8. The molecule has 0 radical (unpaired) electrons. The summed E-state index contributed by atoms with van der Waals surface area (Å²) in [5, 5.41) is 6.86. The maximum absolute atomic E-state index is 11.8. The van der Waals surface area contributed by atoms with Crippen LogP contribution in [0.1, 0.15) is 9.67 Å². The van der Waals surface area contributed by atoms with Crippen molar-refractivity contribution in [1.82, 2.24) is 14.6 Å². The molecule has 18 heavy (non-hydrogen) atoms. The molecule has 0 saturated heterocycles. The Bertz CT molecular complexity index is 706. The van der Waals surface area contributed by atoms with Gasteiger partial charge in [0.2, 0.25) is 0 Å². The summed E-state index contributed by atoms with van der Waals surface area (Å²) < 4.78 is 4.57. The van der Waals surface area contributed by atoms with Crippen LogP contribution in [0.5, 0.6) is 0 Å². The predicted molar refractivity (Wildman–Crippen MR) is 71.9 cm³/mol. The number of nitrogen functional groups attached to an aromatic ring is 1. The molecule has 90 valence electrons. The average Bonchev–Trinajstić information content (AvgIpc) is 2.95. The first-order chi connectivity index (χ1) is 8.72. The Morgan fingerprint density at radius 2 is 2.28 bits per heavy atom. The lowest BCUT2D eigenvalue weighted by molar-refractivity contribution is 0.103.